The molecule has 0 aliphatic rings. The number of carbonyl (C=O) groups is 2. The summed E-state index contributed by atoms with van der Waals surface area (Å²) < 4.78 is 17.3. The molecular formula is C20H17BrN2O5. The van der Waals surface area contributed by atoms with E-state index in [2.05, 4.69) is 20.9 Å². The molecule has 0 radical (unpaired) electrons. The molecule has 0 unspecified atom stereocenters. The van der Waals surface area contributed by atoms with Crippen LogP contribution in [-0.4, -0.2) is 28.5 Å². The third kappa shape index (κ3) is 4.98. The van der Waals surface area contributed by atoms with E-state index in [1.54, 1.807) is 35.2 Å². The first-order chi connectivity index (χ1) is 13.5. The number of aromatic nitrogens is 2. The van der Waals surface area contributed by atoms with Gasteiger partial charge in [-0.25, -0.2) is 14.6 Å². The second kappa shape index (κ2) is 9.18. The van der Waals surface area contributed by atoms with Crippen molar-refractivity contribution < 1.29 is 23.8 Å². The van der Waals surface area contributed by atoms with Gasteiger partial charge in [0.15, 0.2) is 0 Å². The first-order valence-corrected chi connectivity index (χ1v) is 9.18. The van der Waals surface area contributed by atoms with Gasteiger partial charge in [-0.3, -0.25) is 0 Å². The molecule has 0 bridgehead atoms. The van der Waals surface area contributed by atoms with Gasteiger partial charge in [-0.05, 0) is 36.8 Å². The van der Waals surface area contributed by atoms with Gasteiger partial charge >= 0.3 is 12.1 Å². The van der Waals surface area contributed by atoms with E-state index < -0.39 is 18.9 Å². The van der Waals surface area contributed by atoms with Gasteiger partial charge in [0.2, 0.25) is 6.79 Å². The zero-order valence-corrected chi connectivity index (χ0v) is 16.5. The fourth-order valence-electron chi connectivity index (χ4n) is 2.50. The van der Waals surface area contributed by atoms with Crippen LogP contribution in [0, 0.1) is 0 Å². The molecule has 3 aromatic rings. The van der Waals surface area contributed by atoms with Gasteiger partial charge in [-0.2, -0.15) is 0 Å². The molecule has 0 saturated heterocycles. The number of hydrogen-bond acceptors (Lipinski definition) is 6. The molecule has 7 nitrogen and oxygen atoms in total. The Morgan fingerprint density at radius 2 is 1.79 bits per heavy atom. The molecule has 0 aliphatic carbocycles. The van der Waals surface area contributed by atoms with Crippen LogP contribution in [0.25, 0.3) is 0 Å². The standard InChI is InChI=1S/C20H17BrN2O5/c1-14(15-5-3-2-4-6-15)23-12-22-11-18(23)19(24)26-13-27-20(25)28-17-9-7-16(21)8-10-17/h2-12,14H,13H2,1H3/t14-/m1/s1. The molecule has 0 spiro atoms. The second-order valence-electron chi connectivity index (χ2n) is 5.77. The van der Waals surface area contributed by atoms with Gasteiger partial charge in [0.05, 0.1) is 18.6 Å². The number of benzene rings is 2. The van der Waals surface area contributed by atoms with Crippen molar-refractivity contribution >= 4 is 28.1 Å². The largest absolute Gasteiger partial charge is 0.516 e. The zero-order valence-electron chi connectivity index (χ0n) is 14.9. The van der Waals surface area contributed by atoms with E-state index in [1.807, 2.05) is 37.3 Å². The smallest absolute Gasteiger partial charge is 0.423 e. The highest BCUT2D eigenvalue weighted by Gasteiger charge is 2.19. The van der Waals surface area contributed by atoms with Gasteiger partial charge in [-0.15, -0.1) is 0 Å². The van der Waals surface area contributed by atoms with Crippen molar-refractivity contribution in [3.8, 4) is 5.75 Å². The maximum Gasteiger partial charge on any atom is 0.516 e. The molecule has 0 aliphatic heterocycles. The number of carbonyl (C=O) groups excluding carboxylic acids is 2. The highest BCUT2D eigenvalue weighted by Crippen LogP contribution is 2.20. The van der Waals surface area contributed by atoms with Gasteiger partial charge in [0.25, 0.3) is 0 Å². The van der Waals surface area contributed by atoms with E-state index in [4.69, 9.17) is 14.2 Å². The number of rotatable bonds is 6. The van der Waals surface area contributed by atoms with Crippen molar-refractivity contribution in [2.75, 3.05) is 6.79 Å². The average molecular weight is 445 g/mol. The molecule has 3 rings (SSSR count). The Morgan fingerprint density at radius 3 is 2.50 bits per heavy atom. The van der Waals surface area contributed by atoms with Crippen molar-refractivity contribution in [3.05, 3.63) is 82.9 Å². The topological polar surface area (TPSA) is 79.7 Å². The van der Waals surface area contributed by atoms with Crippen LogP contribution >= 0.6 is 15.9 Å². The Morgan fingerprint density at radius 1 is 1.07 bits per heavy atom. The minimum atomic E-state index is -0.971. The Balaban J connectivity index is 1.54. The molecule has 0 N–H and O–H groups in total. The molecular weight excluding hydrogens is 428 g/mol. The Bertz CT molecular complexity index is 941. The van der Waals surface area contributed by atoms with Crippen LogP contribution < -0.4 is 4.74 Å². The molecule has 28 heavy (non-hydrogen) atoms. The van der Waals surface area contributed by atoms with Crippen molar-refractivity contribution in [2.24, 2.45) is 0 Å². The summed E-state index contributed by atoms with van der Waals surface area (Å²) in [5.74, 6) is -0.342. The van der Waals surface area contributed by atoms with E-state index in [9.17, 15) is 9.59 Å². The number of esters is 1. The maximum absolute atomic E-state index is 12.3. The summed E-state index contributed by atoms with van der Waals surface area (Å²) in [6.07, 6.45) is 1.99. The molecule has 2 aromatic carbocycles. The maximum atomic E-state index is 12.3. The predicted octanol–water partition coefficient (Wildman–Crippen LogP) is 4.58. The Labute approximate surface area is 170 Å². The molecule has 1 aromatic heterocycles. The number of hydrogen-bond donors (Lipinski definition) is 0. The highest BCUT2D eigenvalue weighted by molar-refractivity contribution is 9.10. The number of halogens is 1. The third-order valence-corrected chi connectivity index (χ3v) is 4.48. The van der Waals surface area contributed by atoms with Crippen LogP contribution in [0.15, 0.2) is 71.6 Å². The summed E-state index contributed by atoms with van der Waals surface area (Å²) >= 11 is 3.28. The van der Waals surface area contributed by atoms with E-state index in [1.165, 1.54) is 6.20 Å². The summed E-state index contributed by atoms with van der Waals surface area (Å²) in [7, 11) is 0. The lowest BCUT2D eigenvalue weighted by Gasteiger charge is -2.16. The monoisotopic (exact) mass is 444 g/mol. The van der Waals surface area contributed by atoms with Crippen LogP contribution in [0.3, 0.4) is 0 Å². The minimum Gasteiger partial charge on any atom is -0.423 e. The highest BCUT2D eigenvalue weighted by atomic mass is 79.9. The second-order valence-corrected chi connectivity index (χ2v) is 6.69. The fourth-order valence-corrected chi connectivity index (χ4v) is 2.76. The summed E-state index contributed by atoms with van der Waals surface area (Å²) in [4.78, 5) is 28.0. The predicted molar refractivity (Wildman–Crippen MR) is 104 cm³/mol. The van der Waals surface area contributed by atoms with Crippen molar-refractivity contribution in [3.63, 3.8) is 0 Å². The molecule has 1 atom stereocenters. The van der Waals surface area contributed by atoms with Crippen LogP contribution in [0.5, 0.6) is 5.75 Å². The molecule has 144 valence electrons. The quantitative estimate of drug-likeness (QED) is 0.314. The lowest BCUT2D eigenvalue weighted by Crippen LogP contribution is -2.19. The van der Waals surface area contributed by atoms with Crippen LogP contribution in [0.1, 0.15) is 29.0 Å². The lowest BCUT2D eigenvalue weighted by atomic mass is 10.1. The fraction of sp³-hybridized carbons (Fsp3) is 0.150. The van der Waals surface area contributed by atoms with Gasteiger partial charge < -0.3 is 18.8 Å². The first kappa shape index (κ1) is 19.6. The summed E-state index contributed by atoms with van der Waals surface area (Å²) in [6.45, 7) is 1.37. The Kier molecular flexibility index (Phi) is 6.44. The zero-order chi connectivity index (χ0) is 19.9. The van der Waals surface area contributed by atoms with Crippen LogP contribution in [0.2, 0.25) is 0 Å². The van der Waals surface area contributed by atoms with Crippen LogP contribution in [-0.2, 0) is 9.47 Å². The number of nitrogens with zero attached hydrogens (tertiary/aromatic N) is 2. The summed E-state index contributed by atoms with van der Waals surface area (Å²) in [5.41, 5.74) is 1.27. The normalized spacial score (nSPS) is 11.5. The molecule has 1 heterocycles. The lowest BCUT2D eigenvalue weighted by molar-refractivity contribution is -0.0150. The van der Waals surface area contributed by atoms with Crippen LogP contribution in [0.4, 0.5) is 4.79 Å². The molecule has 0 fully saturated rings. The van der Waals surface area contributed by atoms with E-state index >= 15 is 0 Å². The van der Waals surface area contributed by atoms with E-state index in [0.717, 1.165) is 10.0 Å². The SMILES string of the molecule is C[C@H](c1ccccc1)n1cncc1C(=O)OCOC(=O)Oc1ccc(Br)cc1. The molecule has 8 heteroatoms. The molecule has 0 amide bonds. The molecule has 0 saturated carbocycles. The van der Waals surface area contributed by atoms with Crippen molar-refractivity contribution in [1.82, 2.24) is 9.55 Å². The average Bonchev–Trinajstić information content (AvgIpc) is 3.20. The van der Waals surface area contributed by atoms with Gasteiger partial charge in [-0.1, -0.05) is 46.3 Å². The van der Waals surface area contributed by atoms with E-state index in [0.29, 0.717) is 5.75 Å². The van der Waals surface area contributed by atoms with Crippen molar-refractivity contribution in [1.29, 1.82) is 0 Å². The third-order valence-electron chi connectivity index (χ3n) is 3.96. The number of ether oxygens (including phenoxy) is 3. The summed E-state index contributed by atoms with van der Waals surface area (Å²) in [5, 5.41) is 0. The van der Waals surface area contributed by atoms with Crippen molar-refractivity contribution in [2.45, 2.75) is 13.0 Å². The summed E-state index contributed by atoms with van der Waals surface area (Å²) in [6, 6.07) is 16.2. The minimum absolute atomic E-state index is 0.116. The van der Waals surface area contributed by atoms with Gasteiger partial charge in [0, 0.05) is 4.47 Å². The van der Waals surface area contributed by atoms with E-state index in [-0.39, 0.29) is 11.7 Å². The van der Waals surface area contributed by atoms with Gasteiger partial charge in [0.1, 0.15) is 11.4 Å². The number of imidazole rings is 1. The first-order valence-electron chi connectivity index (χ1n) is 8.38. The Hall–Kier alpha value is -3.13.